The molecule has 1 fully saturated rings. The Balaban J connectivity index is 0.00000341. The van der Waals surface area contributed by atoms with Crippen molar-refractivity contribution in [3.63, 3.8) is 0 Å². The minimum absolute atomic E-state index is 0. The number of hydrogen-bond donors (Lipinski definition) is 2. The minimum atomic E-state index is 0. The number of benzene rings is 1. The van der Waals surface area contributed by atoms with E-state index in [9.17, 15) is 0 Å². The molecule has 9 heteroatoms. The minimum Gasteiger partial charge on any atom is -0.497 e. The zero-order valence-electron chi connectivity index (χ0n) is 18.9. The first-order valence-electron chi connectivity index (χ1n) is 10.6. The molecule has 1 aliphatic heterocycles. The highest BCUT2D eigenvalue weighted by Crippen LogP contribution is 2.24. The maximum atomic E-state index is 5.39. The lowest BCUT2D eigenvalue weighted by atomic mass is 10.2. The number of halogens is 1. The summed E-state index contributed by atoms with van der Waals surface area (Å²) in [5.41, 5.74) is 2.37. The van der Waals surface area contributed by atoms with Crippen LogP contribution in [-0.2, 0) is 13.1 Å². The van der Waals surface area contributed by atoms with Gasteiger partial charge in [-0.2, -0.15) is 5.10 Å². The van der Waals surface area contributed by atoms with Gasteiger partial charge in [-0.1, -0.05) is 0 Å². The molecule has 3 rings (SSSR count). The molecule has 2 aromatic rings. The number of ether oxygens (including phenoxy) is 2. The van der Waals surface area contributed by atoms with Gasteiger partial charge in [0.25, 0.3) is 0 Å². The molecule has 0 amide bonds. The molecule has 0 aliphatic carbocycles. The lowest BCUT2D eigenvalue weighted by Crippen LogP contribution is -2.44. The van der Waals surface area contributed by atoms with Gasteiger partial charge in [-0.15, -0.1) is 24.0 Å². The second-order valence-electron chi connectivity index (χ2n) is 7.63. The summed E-state index contributed by atoms with van der Waals surface area (Å²) in [4.78, 5) is 7.16. The summed E-state index contributed by atoms with van der Waals surface area (Å²) < 4.78 is 12.7. The number of aryl methyl sites for hydroxylation is 1. The Morgan fingerprint density at radius 3 is 2.58 bits per heavy atom. The van der Waals surface area contributed by atoms with Crippen LogP contribution in [0.15, 0.2) is 35.6 Å². The number of rotatable bonds is 9. The van der Waals surface area contributed by atoms with Crippen LogP contribution in [0.1, 0.15) is 24.5 Å². The van der Waals surface area contributed by atoms with Crippen molar-refractivity contribution in [2.24, 2.45) is 4.99 Å². The molecule has 0 saturated carbocycles. The first-order valence-corrected chi connectivity index (χ1v) is 10.6. The summed E-state index contributed by atoms with van der Waals surface area (Å²) in [7, 11) is 3.37. The van der Waals surface area contributed by atoms with Crippen molar-refractivity contribution < 1.29 is 9.47 Å². The Labute approximate surface area is 202 Å². The van der Waals surface area contributed by atoms with Gasteiger partial charge < -0.3 is 20.1 Å². The van der Waals surface area contributed by atoms with Crippen molar-refractivity contribution in [3.8, 4) is 11.5 Å². The summed E-state index contributed by atoms with van der Waals surface area (Å²) in [6.45, 7) is 9.34. The van der Waals surface area contributed by atoms with Crippen LogP contribution in [0, 0.1) is 6.92 Å². The average Bonchev–Trinajstić information content (AvgIpc) is 3.36. The number of hydrogen-bond acceptors (Lipinski definition) is 5. The smallest absolute Gasteiger partial charge is 0.191 e. The van der Waals surface area contributed by atoms with Gasteiger partial charge in [0.15, 0.2) is 5.96 Å². The van der Waals surface area contributed by atoms with Gasteiger partial charge in [0, 0.05) is 44.5 Å². The third kappa shape index (κ3) is 7.88. The summed E-state index contributed by atoms with van der Waals surface area (Å²) >= 11 is 0. The normalized spacial score (nSPS) is 16.6. The van der Waals surface area contributed by atoms with E-state index in [1.165, 1.54) is 11.1 Å². The molecule has 1 atom stereocenters. The summed E-state index contributed by atoms with van der Waals surface area (Å²) in [5.74, 6) is 2.52. The molecule has 0 radical (unpaired) electrons. The third-order valence-corrected chi connectivity index (χ3v) is 5.14. The van der Waals surface area contributed by atoms with Crippen LogP contribution in [0.25, 0.3) is 0 Å². The van der Waals surface area contributed by atoms with Crippen molar-refractivity contribution in [2.45, 2.75) is 39.4 Å². The van der Waals surface area contributed by atoms with Crippen LogP contribution in [-0.4, -0.2) is 67.1 Å². The molecule has 0 bridgehead atoms. The van der Waals surface area contributed by atoms with Gasteiger partial charge >= 0.3 is 0 Å². The molecule has 172 valence electrons. The monoisotopic (exact) mass is 542 g/mol. The molecular weight excluding hydrogens is 507 g/mol. The number of aliphatic imine (C=N–C) groups is 1. The van der Waals surface area contributed by atoms with E-state index in [4.69, 9.17) is 14.5 Å². The van der Waals surface area contributed by atoms with E-state index < -0.39 is 0 Å². The molecule has 1 aromatic carbocycles. The van der Waals surface area contributed by atoms with E-state index in [0.29, 0.717) is 12.6 Å². The van der Waals surface area contributed by atoms with E-state index in [2.05, 4.69) is 39.7 Å². The molecule has 31 heavy (non-hydrogen) atoms. The number of likely N-dealkylation sites (tertiary alicyclic amines) is 1. The van der Waals surface area contributed by atoms with E-state index in [0.717, 1.165) is 56.6 Å². The Morgan fingerprint density at radius 1 is 1.23 bits per heavy atom. The highest BCUT2D eigenvalue weighted by Gasteiger charge is 2.23. The predicted molar refractivity (Wildman–Crippen MR) is 135 cm³/mol. The SMILES string of the molecule is CCNC(=NCCn1cc(C)cn1)NC1CCN(Cc2cc(OC)cc(OC)c2)C1.I. The van der Waals surface area contributed by atoms with Crippen LogP contribution in [0.2, 0.25) is 0 Å². The quantitative estimate of drug-likeness (QED) is 0.289. The van der Waals surface area contributed by atoms with Crippen molar-refractivity contribution in [1.29, 1.82) is 0 Å². The standard InChI is InChI=1S/C22H34N6O2.HI/c1-5-23-22(24-7-9-28-14-17(2)13-25-28)26-19-6-8-27(16-19)15-18-10-20(29-3)12-21(11-18)30-4;/h10-14,19H,5-9,15-16H2,1-4H3,(H2,23,24,26);1H. The first-order chi connectivity index (χ1) is 14.6. The van der Waals surface area contributed by atoms with Gasteiger partial charge in [0.1, 0.15) is 11.5 Å². The van der Waals surface area contributed by atoms with E-state index in [-0.39, 0.29) is 24.0 Å². The van der Waals surface area contributed by atoms with Crippen molar-refractivity contribution in [3.05, 3.63) is 41.7 Å². The maximum absolute atomic E-state index is 5.39. The van der Waals surface area contributed by atoms with E-state index in [1.807, 2.05) is 30.1 Å². The van der Waals surface area contributed by atoms with Crippen LogP contribution < -0.4 is 20.1 Å². The summed E-state index contributed by atoms with van der Waals surface area (Å²) in [5, 5.41) is 11.3. The Hall–Kier alpha value is -2.01. The molecule has 8 nitrogen and oxygen atoms in total. The van der Waals surface area contributed by atoms with Crippen LogP contribution >= 0.6 is 24.0 Å². The van der Waals surface area contributed by atoms with Crippen molar-refractivity contribution in [1.82, 2.24) is 25.3 Å². The number of aromatic nitrogens is 2. The van der Waals surface area contributed by atoms with Gasteiger partial charge in [-0.05, 0) is 43.5 Å². The van der Waals surface area contributed by atoms with Crippen molar-refractivity contribution in [2.75, 3.05) is 40.4 Å². The molecule has 1 aliphatic rings. The Morgan fingerprint density at radius 2 is 1.97 bits per heavy atom. The first kappa shape index (κ1) is 25.3. The highest BCUT2D eigenvalue weighted by atomic mass is 127. The number of guanidine groups is 1. The largest absolute Gasteiger partial charge is 0.497 e. The average molecular weight is 542 g/mol. The van der Waals surface area contributed by atoms with Crippen LogP contribution in [0.3, 0.4) is 0 Å². The number of nitrogens with one attached hydrogen (secondary N) is 2. The summed E-state index contributed by atoms with van der Waals surface area (Å²) in [6, 6.07) is 6.43. The van der Waals surface area contributed by atoms with Crippen molar-refractivity contribution >= 4 is 29.9 Å². The second kappa shape index (κ2) is 12.7. The third-order valence-electron chi connectivity index (χ3n) is 5.14. The fourth-order valence-electron chi connectivity index (χ4n) is 3.68. The molecule has 1 aromatic heterocycles. The van der Waals surface area contributed by atoms with Gasteiger partial charge in [-0.3, -0.25) is 14.6 Å². The molecule has 1 unspecified atom stereocenters. The van der Waals surface area contributed by atoms with E-state index in [1.54, 1.807) is 14.2 Å². The molecule has 2 heterocycles. The number of methoxy groups -OCH3 is 2. The molecule has 1 saturated heterocycles. The second-order valence-corrected chi connectivity index (χ2v) is 7.63. The van der Waals surface area contributed by atoms with Gasteiger partial charge in [-0.25, -0.2) is 0 Å². The fraction of sp³-hybridized carbons (Fsp3) is 0.545. The zero-order chi connectivity index (χ0) is 21.3. The molecular formula is C22H35IN6O2. The predicted octanol–water partition coefficient (Wildman–Crippen LogP) is 2.66. The Bertz CT molecular complexity index is 819. The topological polar surface area (TPSA) is 75.9 Å². The maximum Gasteiger partial charge on any atom is 0.191 e. The van der Waals surface area contributed by atoms with Gasteiger partial charge in [0.2, 0.25) is 0 Å². The lowest BCUT2D eigenvalue weighted by molar-refractivity contribution is 0.321. The fourth-order valence-corrected chi connectivity index (χ4v) is 3.68. The Kier molecular flexibility index (Phi) is 10.4. The molecule has 2 N–H and O–H groups in total. The van der Waals surface area contributed by atoms with Crippen LogP contribution in [0.4, 0.5) is 0 Å². The number of nitrogens with zero attached hydrogens (tertiary/aromatic N) is 4. The highest BCUT2D eigenvalue weighted by molar-refractivity contribution is 14.0. The molecule has 0 spiro atoms. The van der Waals surface area contributed by atoms with Crippen LogP contribution in [0.5, 0.6) is 11.5 Å². The summed E-state index contributed by atoms with van der Waals surface area (Å²) in [6.07, 6.45) is 5.00. The lowest BCUT2D eigenvalue weighted by Gasteiger charge is -2.19. The van der Waals surface area contributed by atoms with E-state index >= 15 is 0 Å². The zero-order valence-corrected chi connectivity index (χ0v) is 21.3. The van der Waals surface area contributed by atoms with Gasteiger partial charge in [0.05, 0.1) is 33.5 Å².